The van der Waals surface area contributed by atoms with Crippen molar-refractivity contribution in [1.29, 1.82) is 0 Å². The van der Waals surface area contributed by atoms with Gasteiger partial charge in [0.25, 0.3) is 0 Å². The van der Waals surface area contributed by atoms with Crippen LogP contribution in [-0.2, 0) is 16.4 Å². The van der Waals surface area contributed by atoms with E-state index in [1.165, 1.54) is 0 Å². The Balaban J connectivity index is 1.89. The zero-order valence-corrected chi connectivity index (χ0v) is 12.1. The lowest BCUT2D eigenvalue weighted by Crippen LogP contribution is -2.40. The fourth-order valence-electron chi connectivity index (χ4n) is 3.38. The highest BCUT2D eigenvalue weighted by atomic mass is 32.2. The fraction of sp³-hybridized carbons (Fsp3) is 0.500. The highest BCUT2D eigenvalue weighted by molar-refractivity contribution is 7.86. The fourth-order valence-corrected chi connectivity index (χ4v) is 5.54. The Morgan fingerprint density at radius 3 is 2.26 bits per heavy atom. The van der Waals surface area contributed by atoms with Gasteiger partial charge in [-0.2, -0.15) is 0 Å². The molecule has 2 aliphatic rings. The van der Waals surface area contributed by atoms with Crippen LogP contribution < -0.4 is 0 Å². The summed E-state index contributed by atoms with van der Waals surface area (Å²) in [5.41, 5.74) is 2.32. The first-order valence-corrected chi connectivity index (χ1v) is 8.15. The largest absolute Gasteiger partial charge is 0.385 e. The Labute approximate surface area is 117 Å². The number of hydrogen-bond acceptors (Lipinski definition) is 2. The summed E-state index contributed by atoms with van der Waals surface area (Å²) in [7, 11) is -0.725. The van der Waals surface area contributed by atoms with Crippen molar-refractivity contribution in [1.82, 2.24) is 0 Å². The number of allylic oxidation sites excluding steroid dienone is 1. The molecular weight excluding hydrogens is 256 g/mol. The van der Waals surface area contributed by atoms with Crippen LogP contribution in [0.1, 0.15) is 43.7 Å². The molecule has 2 aliphatic heterocycles. The molecule has 3 heteroatoms. The van der Waals surface area contributed by atoms with Crippen LogP contribution in [-0.4, -0.2) is 19.8 Å². The Hall–Kier alpha value is -0.930. The lowest BCUT2D eigenvalue weighted by molar-refractivity contribution is 0.0184. The number of benzene rings is 1. The van der Waals surface area contributed by atoms with Gasteiger partial charge in [0.05, 0.1) is 5.60 Å². The minimum Gasteiger partial charge on any atom is -0.385 e. The van der Waals surface area contributed by atoms with E-state index in [2.05, 4.69) is 6.58 Å². The lowest BCUT2D eigenvalue weighted by atomic mass is 9.85. The maximum Gasteiger partial charge on any atom is 0.0919 e. The van der Waals surface area contributed by atoms with E-state index in [-0.39, 0.29) is 10.5 Å². The van der Waals surface area contributed by atoms with Crippen LogP contribution in [0.25, 0.3) is 5.57 Å². The van der Waals surface area contributed by atoms with Crippen LogP contribution in [0.5, 0.6) is 0 Å². The van der Waals surface area contributed by atoms with Crippen molar-refractivity contribution in [2.24, 2.45) is 0 Å². The first-order chi connectivity index (χ1) is 8.99. The minimum atomic E-state index is -0.784. The molecule has 1 aromatic carbocycles. The van der Waals surface area contributed by atoms with Crippen molar-refractivity contribution < 1.29 is 9.32 Å². The summed E-state index contributed by atoms with van der Waals surface area (Å²) in [5, 5.41) is 11.3. The van der Waals surface area contributed by atoms with E-state index in [1.807, 2.05) is 31.2 Å². The van der Waals surface area contributed by atoms with Crippen molar-refractivity contribution in [2.75, 3.05) is 0 Å². The molecule has 2 fully saturated rings. The first-order valence-electron chi connectivity index (χ1n) is 6.88. The van der Waals surface area contributed by atoms with E-state index < -0.39 is 16.4 Å². The van der Waals surface area contributed by atoms with E-state index >= 15 is 0 Å². The van der Waals surface area contributed by atoms with Gasteiger partial charge in [-0.15, -0.1) is 0 Å². The van der Waals surface area contributed by atoms with Crippen LogP contribution in [0.15, 0.2) is 30.8 Å². The quantitative estimate of drug-likeness (QED) is 0.901. The molecule has 1 N–H and O–H groups in total. The monoisotopic (exact) mass is 276 g/mol. The standard InChI is InChI=1S/C16H20O2S/c1-11(2)12-3-5-13(6-4-12)16(17)9-14-7-8-15(10-16)19(14)18/h3-6,14-15,17H,1,7-10H2,2H3. The predicted molar refractivity (Wildman–Crippen MR) is 79.2 cm³/mol. The molecule has 19 heavy (non-hydrogen) atoms. The van der Waals surface area contributed by atoms with E-state index in [1.54, 1.807) is 0 Å². The Kier molecular flexibility index (Phi) is 3.14. The molecule has 2 nitrogen and oxygen atoms in total. The van der Waals surface area contributed by atoms with Gasteiger partial charge in [-0.25, -0.2) is 0 Å². The van der Waals surface area contributed by atoms with Crippen LogP contribution >= 0.6 is 0 Å². The van der Waals surface area contributed by atoms with E-state index in [0.717, 1.165) is 29.5 Å². The van der Waals surface area contributed by atoms with E-state index in [9.17, 15) is 9.32 Å². The molecule has 3 rings (SSSR count). The topological polar surface area (TPSA) is 37.3 Å². The van der Waals surface area contributed by atoms with Crippen LogP contribution in [0, 0.1) is 0 Å². The molecule has 2 atom stereocenters. The second-order valence-corrected chi connectivity index (χ2v) is 7.94. The third-order valence-electron chi connectivity index (χ3n) is 4.51. The number of hydrogen-bond donors (Lipinski definition) is 1. The van der Waals surface area contributed by atoms with E-state index in [4.69, 9.17) is 0 Å². The van der Waals surface area contributed by atoms with Crippen molar-refractivity contribution in [3.05, 3.63) is 42.0 Å². The van der Waals surface area contributed by atoms with Gasteiger partial charge in [0.2, 0.25) is 0 Å². The molecular formula is C16H20O2S. The third-order valence-corrected chi connectivity index (χ3v) is 6.63. The summed E-state index contributed by atoms with van der Waals surface area (Å²) in [4.78, 5) is 0. The summed E-state index contributed by atoms with van der Waals surface area (Å²) < 4.78 is 12.0. The van der Waals surface area contributed by atoms with Gasteiger partial charge >= 0.3 is 0 Å². The average Bonchev–Trinajstić information content (AvgIpc) is 2.63. The first kappa shape index (κ1) is 13.1. The zero-order valence-electron chi connectivity index (χ0n) is 11.3. The summed E-state index contributed by atoms with van der Waals surface area (Å²) >= 11 is 0. The SMILES string of the molecule is C=C(C)c1ccc(C2(O)CC3CCC(C2)S3=O)cc1. The van der Waals surface area contributed by atoms with Crippen LogP contribution in [0.2, 0.25) is 0 Å². The van der Waals surface area contributed by atoms with Gasteiger partial charge in [0, 0.05) is 21.3 Å². The van der Waals surface area contributed by atoms with Gasteiger partial charge in [-0.1, -0.05) is 36.4 Å². The molecule has 2 heterocycles. The molecule has 2 unspecified atom stereocenters. The summed E-state index contributed by atoms with van der Waals surface area (Å²) in [5.74, 6) is 0. The van der Waals surface area contributed by atoms with E-state index in [0.29, 0.717) is 12.8 Å². The normalized spacial score (nSPS) is 37.3. The van der Waals surface area contributed by atoms with Gasteiger partial charge < -0.3 is 5.11 Å². The summed E-state index contributed by atoms with van der Waals surface area (Å²) in [6.45, 7) is 5.91. The molecule has 2 saturated heterocycles. The molecule has 102 valence electrons. The molecule has 0 radical (unpaired) electrons. The number of rotatable bonds is 2. The van der Waals surface area contributed by atoms with Gasteiger partial charge in [0.15, 0.2) is 0 Å². The van der Waals surface area contributed by atoms with Gasteiger partial charge in [-0.05, 0) is 43.7 Å². The van der Waals surface area contributed by atoms with Crippen LogP contribution in [0.3, 0.4) is 0 Å². The molecule has 1 aromatic rings. The Morgan fingerprint density at radius 1 is 1.26 bits per heavy atom. The summed E-state index contributed by atoms with van der Waals surface area (Å²) in [6.07, 6.45) is 3.29. The van der Waals surface area contributed by atoms with Crippen molar-refractivity contribution in [3.8, 4) is 0 Å². The smallest absolute Gasteiger partial charge is 0.0919 e. The molecule has 2 bridgehead atoms. The molecule has 0 aromatic heterocycles. The van der Waals surface area contributed by atoms with Gasteiger partial charge in [0.1, 0.15) is 0 Å². The molecule has 0 amide bonds. The highest BCUT2D eigenvalue weighted by Crippen LogP contribution is 2.45. The number of aliphatic hydroxyl groups is 1. The predicted octanol–water partition coefficient (Wildman–Crippen LogP) is 2.98. The van der Waals surface area contributed by atoms with Crippen molar-refractivity contribution >= 4 is 16.4 Å². The maximum absolute atomic E-state index is 12.0. The molecule has 0 spiro atoms. The van der Waals surface area contributed by atoms with Gasteiger partial charge in [-0.3, -0.25) is 4.21 Å². The molecule has 0 aliphatic carbocycles. The number of fused-ring (bicyclic) bond motifs is 2. The lowest BCUT2D eigenvalue weighted by Gasteiger charge is -2.36. The molecule has 0 saturated carbocycles. The highest BCUT2D eigenvalue weighted by Gasteiger charge is 2.48. The minimum absolute atomic E-state index is 0.185. The summed E-state index contributed by atoms with van der Waals surface area (Å²) in [6, 6.07) is 8.03. The zero-order chi connectivity index (χ0) is 13.6. The van der Waals surface area contributed by atoms with Crippen molar-refractivity contribution in [3.63, 3.8) is 0 Å². The Morgan fingerprint density at radius 2 is 1.79 bits per heavy atom. The van der Waals surface area contributed by atoms with Crippen molar-refractivity contribution in [2.45, 2.75) is 48.7 Å². The van der Waals surface area contributed by atoms with Crippen LogP contribution in [0.4, 0.5) is 0 Å². The second kappa shape index (κ2) is 4.57. The third kappa shape index (κ3) is 2.19. The second-order valence-electron chi connectivity index (χ2n) is 5.95. The average molecular weight is 276 g/mol. The maximum atomic E-state index is 12.0. The Bertz CT molecular complexity index is 516.